The van der Waals surface area contributed by atoms with Gasteiger partial charge in [-0.25, -0.2) is 4.79 Å². The number of nitro groups is 1. The van der Waals surface area contributed by atoms with Crippen LogP contribution in [-0.2, 0) is 19.1 Å². The molecule has 7 nitrogen and oxygen atoms in total. The third-order valence-electron chi connectivity index (χ3n) is 3.20. The first kappa shape index (κ1) is 22.6. The summed E-state index contributed by atoms with van der Waals surface area (Å²) in [5.74, 6) is -0.908. The molecule has 7 heteroatoms. The third kappa shape index (κ3) is 10.9. The maximum Gasteiger partial charge on any atom is 0.331 e. The van der Waals surface area contributed by atoms with Gasteiger partial charge in [0.1, 0.15) is 12.7 Å². The van der Waals surface area contributed by atoms with Gasteiger partial charge < -0.3 is 9.47 Å². The highest BCUT2D eigenvalue weighted by Crippen LogP contribution is 2.21. The van der Waals surface area contributed by atoms with Gasteiger partial charge in [-0.15, -0.1) is 0 Å². The van der Waals surface area contributed by atoms with Crippen molar-refractivity contribution in [2.24, 2.45) is 0 Å². The van der Waals surface area contributed by atoms with Gasteiger partial charge in [0.25, 0.3) is 0 Å². The molecule has 0 aromatic carbocycles. The Balaban J connectivity index is 0.00000277. The molecule has 2 unspecified atom stereocenters. The Kier molecular flexibility index (Phi) is 11.7. The summed E-state index contributed by atoms with van der Waals surface area (Å²) in [7, 11) is 0. The smallest absolute Gasteiger partial charge is 0.331 e. The van der Waals surface area contributed by atoms with E-state index in [1.165, 1.54) is 13.0 Å². The van der Waals surface area contributed by atoms with Crippen molar-refractivity contribution in [3.05, 3.63) is 46.1 Å². The molecule has 0 fully saturated rings. The fourth-order valence-corrected chi connectivity index (χ4v) is 2.08. The largest absolute Gasteiger partial charge is 0.462 e. The minimum Gasteiger partial charge on any atom is -0.462 e. The summed E-state index contributed by atoms with van der Waals surface area (Å²) in [6.07, 6.45) is 8.95. The zero-order chi connectivity index (χ0) is 19.2. The van der Waals surface area contributed by atoms with Crippen LogP contribution in [0.15, 0.2) is 36.0 Å². The number of nitrogens with zero attached hydrogens (tertiary/aromatic N) is 1. The Morgan fingerprint density at radius 3 is 2.72 bits per heavy atom. The van der Waals surface area contributed by atoms with Crippen molar-refractivity contribution in [2.75, 3.05) is 6.61 Å². The number of esters is 2. The Labute approximate surface area is 148 Å². The molecule has 0 bridgehead atoms. The lowest BCUT2D eigenvalue weighted by Gasteiger charge is -2.14. The zero-order valence-electron chi connectivity index (χ0n) is 15.3. The molecule has 140 valence electrons. The predicted molar refractivity (Wildman–Crippen MR) is 94.5 cm³/mol. The van der Waals surface area contributed by atoms with Crippen molar-refractivity contribution < 1.29 is 24.0 Å². The lowest BCUT2D eigenvalue weighted by Crippen LogP contribution is -2.22. The van der Waals surface area contributed by atoms with E-state index in [2.05, 4.69) is 0 Å². The molecule has 0 aromatic heterocycles. The van der Waals surface area contributed by atoms with Crippen molar-refractivity contribution in [3.8, 4) is 0 Å². The minimum atomic E-state index is -0.584. The number of allylic oxidation sites excluding steroid dienone is 2. The Morgan fingerprint density at radius 1 is 1.44 bits per heavy atom. The second kappa shape index (κ2) is 12.9. The number of rotatable bonds is 7. The van der Waals surface area contributed by atoms with Crippen molar-refractivity contribution in [3.63, 3.8) is 0 Å². The molecule has 0 amide bonds. The molecule has 0 aromatic rings. The first-order valence-electron chi connectivity index (χ1n) is 8.39. The van der Waals surface area contributed by atoms with Crippen LogP contribution < -0.4 is 0 Å². The fourth-order valence-electron chi connectivity index (χ4n) is 2.08. The summed E-state index contributed by atoms with van der Waals surface area (Å²) in [6.45, 7) is 7.12. The minimum absolute atomic E-state index is 0.127. The van der Waals surface area contributed by atoms with Crippen LogP contribution in [0, 0.1) is 10.1 Å². The van der Waals surface area contributed by atoms with Crippen LogP contribution in [0.25, 0.3) is 0 Å². The van der Waals surface area contributed by atoms with Crippen LogP contribution in [0.2, 0.25) is 0 Å². The highest BCUT2D eigenvalue weighted by atomic mass is 16.6. The van der Waals surface area contributed by atoms with E-state index in [0.717, 1.165) is 5.57 Å². The van der Waals surface area contributed by atoms with E-state index >= 15 is 0 Å². The van der Waals surface area contributed by atoms with Gasteiger partial charge in [0.2, 0.25) is 6.04 Å². The SMILES string of the molecule is CC.CC(=O)OC/C=C\C(C)OC(=O)/C=C/C1=CCCC([N+](=O)[O-])C1. The van der Waals surface area contributed by atoms with Crippen molar-refractivity contribution in [1.82, 2.24) is 0 Å². The number of ether oxygens (including phenoxy) is 2. The maximum atomic E-state index is 11.7. The predicted octanol–water partition coefficient (Wildman–Crippen LogP) is 3.38. The van der Waals surface area contributed by atoms with Crippen molar-refractivity contribution >= 4 is 11.9 Å². The van der Waals surface area contributed by atoms with Crippen LogP contribution in [0.3, 0.4) is 0 Å². The van der Waals surface area contributed by atoms with Gasteiger partial charge in [0, 0.05) is 30.8 Å². The standard InChI is InChI=1S/C16H21NO6.C2H6/c1-12(5-4-10-22-13(2)18)23-16(19)9-8-14-6-3-7-15(11-14)17(20)21;1-2/h4-6,8-9,12,15H,3,7,10-11H2,1-2H3;1-2H3/b5-4-,9-8+;. The Morgan fingerprint density at radius 2 is 2.12 bits per heavy atom. The fraction of sp³-hybridized carbons (Fsp3) is 0.556. The second-order valence-electron chi connectivity index (χ2n) is 5.21. The molecule has 1 aliphatic rings. The molecule has 0 aliphatic heterocycles. The Bertz CT molecular complexity index is 536. The molecule has 0 N–H and O–H groups in total. The molecule has 0 saturated heterocycles. The van der Waals surface area contributed by atoms with Gasteiger partial charge >= 0.3 is 11.9 Å². The Hall–Kier alpha value is -2.44. The third-order valence-corrected chi connectivity index (χ3v) is 3.20. The highest BCUT2D eigenvalue weighted by Gasteiger charge is 2.23. The van der Waals surface area contributed by atoms with Gasteiger partial charge in [-0.05, 0) is 31.1 Å². The molecule has 1 rings (SSSR count). The first-order valence-corrected chi connectivity index (χ1v) is 8.39. The quantitative estimate of drug-likeness (QED) is 0.229. The average Bonchev–Trinajstić information content (AvgIpc) is 2.59. The number of hydrogen-bond acceptors (Lipinski definition) is 6. The molecular weight excluding hydrogens is 326 g/mol. The van der Waals surface area contributed by atoms with Gasteiger partial charge in [0.15, 0.2) is 0 Å². The molecule has 2 atom stereocenters. The van der Waals surface area contributed by atoms with E-state index in [9.17, 15) is 19.7 Å². The normalized spacial score (nSPS) is 18.1. The zero-order valence-corrected chi connectivity index (χ0v) is 15.3. The molecular formula is C18H27NO6. The first-order chi connectivity index (χ1) is 11.9. The molecule has 0 radical (unpaired) electrons. The lowest BCUT2D eigenvalue weighted by atomic mass is 9.95. The maximum absolute atomic E-state index is 11.7. The summed E-state index contributed by atoms with van der Waals surface area (Å²) >= 11 is 0. The summed E-state index contributed by atoms with van der Waals surface area (Å²) in [5.41, 5.74) is 0.771. The van der Waals surface area contributed by atoms with Crippen LogP contribution in [-0.4, -0.2) is 35.6 Å². The van der Waals surface area contributed by atoms with Crippen LogP contribution >= 0.6 is 0 Å². The van der Waals surface area contributed by atoms with Crippen molar-refractivity contribution in [1.29, 1.82) is 0 Å². The van der Waals surface area contributed by atoms with Crippen molar-refractivity contribution in [2.45, 2.75) is 59.1 Å². The van der Waals surface area contributed by atoms with Crippen LogP contribution in [0.5, 0.6) is 0 Å². The topological polar surface area (TPSA) is 95.7 Å². The van der Waals surface area contributed by atoms with E-state index in [4.69, 9.17) is 9.47 Å². The van der Waals surface area contributed by atoms with E-state index in [0.29, 0.717) is 19.3 Å². The van der Waals surface area contributed by atoms with Crippen LogP contribution in [0.4, 0.5) is 0 Å². The number of hydrogen-bond donors (Lipinski definition) is 0. The van der Waals surface area contributed by atoms with E-state index in [1.54, 1.807) is 25.2 Å². The molecule has 25 heavy (non-hydrogen) atoms. The van der Waals surface area contributed by atoms with E-state index in [-0.39, 0.29) is 17.5 Å². The summed E-state index contributed by atoms with van der Waals surface area (Å²) in [5, 5.41) is 10.8. The number of carbonyl (C=O) groups is 2. The molecule has 0 saturated carbocycles. The monoisotopic (exact) mass is 353 g/mol. The number of carbonyl (C=O) groups excluding carboxylic acids is 2. The second-order valence-corrected chi connectivity index (χ2v) is 5.21. The lowest BCUT2D eigenvalue weighted by molar-refractivity contribution is -0.523. The van der Waals surface area contributed by atoms with Gasteiger partial charge in [-0.1, -0.05) is 26.0 Å². The van der Waals surface area contributed by atoms with E-state index in [1.807, 2.05) is 19.9 Å². The summed E-state index contributed by atoms with van der Waals surface area (Å²) in [4.78, 5) is 32.7. The van der Waals surface area contributed by atoms with Gasteiger partial charge in [-0.2, -0.15) is 0 Å². The molecule has 0 heterocycles. The molecule has 0 spiro atoms. The molecule has 1 aliphatic carbocycles. The summed E-state index contributed by atoms with van der Waals surface area (Å²) in [6, 6.07) is -0.584. The van der Waals surface area contributed by atoms with Gasteiger partial charge in [-0.3, -0.25) is 14.9 Å². The summed E-state index contributed by atoms with van der Waals surface area (Å²) < 4.78 is 9.82. The van der Waals surface area contributed by atoms with Gasteiger partial charge in [0.05, 0.1) is 0 Å². The van der Waals surface area contributed by atoms with Crippen LogP contribution in [0.1, 0.15) is 47.0 Å². The highest BCUT2D eigenvalue weighted by molar-refractivity contribution is 5.82. The van der Waals surface area contributed by atoms with E-state index < -0.39 is 18.1 Å². The average molecular weight is 353 g/mol.